The highest BCUT2D eigenvalue weighted by Gasteiger charge is 2.26. The van der Waals surface area contributed by atoms with Crippen LogP contribution in [0.25, 0.3) is 0 Å². The monoisotopic (exact) mass is 330 g/mol. The number of likely N-dealkylation sites (N-methyl/N-ethyl adjacent to an activating group) is 1. The van der Waals surface area contributed by atoms with E-state index in [4.69, 9.17) is 0 Å². The molecule has 1 aromatic rings. The maximum atomic E-state index is 12.7. The molecule has 122 valence electrons. The van der Waals surface area contributed by atoms with Gasteiger partial charge < -0.3 is 10.2 Å². The average molecular weight is 330 g/mol. The van der Waals surface area contributed by atoms with Gasteiger partial charge >= 0.3 is 0 Å². The van der Waals surface area contributed by atoms with Crippen molar-refractivity contribution in [2.24, 2.45) is 0 Å². The van der Waals surface area contributed by atoms with Gasteiger partial charge in [-0.2, -0.15) is 0 Å². The maximum Gasteiger partial charge on any atom is 0.262 e. The summed E-state index contributed by atoms with van der Waals surface area (Å²) in [6.45, 7) is 2.70. The molecule has 3 rings (SSSR count). The second kappa shape index (κ2) is 7.21. The van der Waals surface area contributed by atoms with Gasteiger partial charge in [-0.15, -0.1) is 0 Å². The van der Waals surface area contributed by atoms with Gasteiger partial charge in [-0.1, -0.05) is 43.2 Å². The third-order valence-electron chi connectivity index (χ3n) is 4.47. The zero-order chi connectivity index (χ0) is 16.2. The first-order valence-corrected chi connectivity index (χ1v) is 9.11. The van der Waals surface area contributed by atoms with Crippen molar-refractivity contribution in [3.8, 4) is 0 Å². The van der Waals surface area contributed by atoms with E-state index in [0.29, 0.717) is 17.5 Å². The first kappa shape index (κ1) is 16.1. The van der Waals surface area contributed by atoms with Crippen LogP contribution in [0, 0.1) is 0 Å². The summed E-state index contributed by atoms with van der Waals surface area (Å²) in [4.78, 5) is 28.2. The number of nitrogens with one attached hydrogen (secondary N) is 1. The Bertz CT molecular complexity index is 636. The van der Waals surface area contributed by atoms with Crippen LogP contribution in [0.3, 0.4) is 0 Å². The number of carbonyl (C=O) groups is 2. The summed E-state index contributed by atoms with van der Waals surface area (Å²) >= 11 is 1.37. The Morgan fingerprint density at radius 1 is 1.30 bits per heavy atom. The molecule has 2 aliphatic rings. The van der Waals surface area contributed by atoms with Gasteiger partial charge in [-0.25, -0.2) is 0 Å². The molecule has 1 saturated carbocycles. The van der Waals surface area contributed by atoms with E-state index in [1.807, 2.05) is 36.1 Å². The Balaban J connectivity index is 1.77. The normalized spacial score (nSPS) is 20.0. The van der Waals surface area contributed by atoms with Gasteiger partial charge in [0.25, 0.3) is 5.91 Å². The lowest BCUT2D eigenvalue weighted by Crippen LogP contribution is -2.40. The summed E-state index contributed by atoms with van der Waals surface area (Å²) in [6.07, 6.45) is 7.30. The van der Waals surface area contributed by atoms with Crippen molar-refractivity contribution in [2.75, 3.05) is 11.9 Å². The lowest BCUT2D eigenvalue weighted by molar-refractivity contribution is -0.129. The molecule has 23 heavy (non-hydrogen) atoms. The number of benzene rings is 1. The standard InChI is InChI=1S/C18H22N2O2S/c1-2-20(13-8-4-3-5-9-13)17(21)12-16-18(22)19-14-10-6-7-11-15(14)23-16/h6-7,10-13H,2-5,8-9H2,1H3,(H,19,22). The fourth-order valence-electron chi connectivity index (χ4n) is 3.28. The highest BCUT2D eigenvalue weighted by molar-refractivity contribution is 8.04. The van der Waals surface area contributed by atoms with Crippen LogP contribution in [0.15, 0.2) is 40.1 Å². The van der Waals surface area contributed by atoms with E-state index in [2.05, 4.69) is 5.32 Å². The van der Waals surface area contributed by atoms with Crippen molar-refractivity contribution in [3.05, 3.63) is 35.2 Å². The molecule has 1 aliphatic carbocycles. The average Bonchev–Trinajstić information content (AvgIpc) is 2.57. The molecule has 0 atom stereocenters. The minimum atomic E-state index is -0.193. The van der Waals surface area contributed by atoms with Crippen LogP contribution in [-0.4, -0.2) is 29.3 Å². The topological polar surface area (TPSA) is 49.4 Å². The summed E-state index contributed by atoms with van der Waals surface area (Å²) in [5.41, 5.74) is 0.812. The predicted octanol–water partition coefficient (Wildman–Crippen LogP) is 3.80. The Kier molecular flexibility index (Phi) is 5.06. The van der Waals surface area contributed by atoms with E-state index in [0.717, 1.165) is 23.4 Å². The number of rotatable bonds is 3. The molecule has 0 saturated heterocycles. The number of hydrogen-bond donors (Lipinski definition) is 1. The first-order chi connectivity index (χ1) is 11.2. The van der Waals surface area contributed by atoms with Gasteiger partial charge in [0, 0.05) is 23.6 Å². The van der Waals surface area contributed by atoms with Crippen molar-refractivity contribution < 1.29 is 9.59 Å². The lowest BCUT2D eigenvalue weighted by Gasteiger charge is -2.33. The summed E-state index contributed by atoms with van der Waals surface area (Å²) in [5.74, 6) is -0.238. The highest BCUT2D eigenvalue weighted by Crippen LogP contribution is 2.37. The van der Waals surface area contributed by atoms with Crippen LogP contribution in [0.1, 0.15) is 39.0 Å². The number of nitrogens with zero attached hydrogens (tertiary/aromatic N) is 1. The second-order valence-electron chi connectivity index (χ2n) is 5.98. The Hall–Kier alpha value is -1.75. The van der Waals surface area contributed by atoms with Gasteiger partial charge in [-0.05, 0) is 31.9 Å². The maximum absolute atomic E-state index is 12.7. The zero-order valence-electron chi connectivity index (χ0n) is 13.4. The van der Waals surface area contributed by atoms with E-state index in [1.54, 1.807) is 0 Å². The van der Waals surface area contributed by atoms with Crippen molar-refractivity contribution in [1.82, 2.24) is 4.90 Å². The molecular formula is C18H22N2O2S. The summed E-state index contributed by atoms with van der Waals surface area (Å²) < 4.78 is 0. The van der Waals surface area contributed by atoms with Crippen LogP contribution in [-0.2, 0) is 9.59 Å². The fourth-order valence-corrected chi connectivity index (χ4v) is 4.20. The number of fused-ring (bicyclic) bond motifs is 1. The predicted molar refractivity (Wildman–Crippen MR) is 93.3 cm³/mol. The number of thioether (sulfide) groups is 1. The number of hydrogen-bond acceptors (Lipinski definition) is 3. The molecule has 1 aromatic carbocycles. The Morgan fingerprint density at radius 2 is 2.04 bits per heavy atom. The SMILES string of the molecule is CCN(C(=O)C=C1Sc2ccccc2NC1=O)C1CCCCC1. The van der Waals surface area contributed by atoms with Gasteiger partial charge in [0.05, 0.1) is 10.6 Å². The summed E-state index contributed by atoms with van der Waals surface area (Å²) in [5, 5.41) is 2.85. The Morgan fingerprint density at radius 3 is 2.78 bits per heavy atom. The summed E-state index contributed by atoms with van der Waals surface area (Å²) in [7, 11) is 0. The molecule has 0 unspecified atom stereocenters. The number of carbonyl (C=O) groups excluding carboxylic acids is 2. The highest BCUT2D eigenvalue weighted by atomic mass is 32.2. The molecule has 0 radical (unpaired) electrons. The van der Waals surface area contributed by atoms with Gasteiger partial charge in [0.15, 0.2) is 0 Å². The van der Waals surface area contributed by atoms with Gasteiger partial charge in [0.1, 0.15) is 0 Å². The largest absolute Gasteiger partial charge is 0.336 e. The molecule has 0 spiro atoms. The molecule has 1 N–H and O–H groups in total. The van der Waals surface area contributed by atoms with E-state index in [9.17, 15) is 9.59 Å². The quantitative estimate of drug-likeness (QED) is 0.858. The number of anilines is 1. The van der Waals surface area contributed by atoms with Crippen molar-refractivity contribution >= 4 is 29.3 Å². The van der Waals surface area contributed by atoms with Crippen LogP contribution >= 0.6 is 11.8 Å². The molecule has 1 fully saturated rings. The van der Waals surface area contributed by atoms with E-state index >= 15 is 0 Å². The number of para-hydroxylation sites is 1. The smallest absolute Gasteiger partial charge is 0.262 e. The van der Waals surface area contributed by atoms with Gasteiger partial charge in [-0.3, -0.25) is 9.59 Å². The zero-order valence-corrected chi connectivity index (χ0v) is 14.2. The minimum absolute atomic E-state index is 0.0450. The third kappa shape index (κ3) is 3.61. The molecule has 1 heterocycles. The second-order valence-corrected chi connectivity index (χ2v) is 7.06. The van der Waals surface area contributed by atoms with Crippen molar-refractivity contribution in [1.29, 1.82) is 0 Å². The van der Waals surface area contributed by atoms with E-state index in [-0.39, 0.29) is 11.8 Å². The molecule has 2 amide bonds. The van der Waals surface area contributed by atoms with Crippen molar-refractivity contribution in [3.63, 3.8) is 0 Å². The number of amides is 2. The van der Waals surface area contributed by atoms with Crippen LogP contribution in [0.2, 0.25) is 0 Å². The third-order valence-corrected chi connectivity index (χ3v) is 5.57. The molecule has 1 aliphatic heterocycles. The molecular weight excluding hydrogens is 308 g/mol. The summed E-state index contributed by atoms with van der Waals surface area (Å²) in [6, 6.07) is 7.97. The fraction of sp³-hybridized carbons (Fsp3) is 0.444. The molecule has 4 nitrogen and oxygen atoms in total. The van der Waals surface area contributed by atoms with Gasteiger partial charge in [0.2, 0.25) is 5.91 Å². The van der Waals surface area contributed by atoms with E-state index in [1.165, 1.54) is 37.1 Å². The van der Waals surface area contributed by atoms with Crippen LogP contribution in [0.5, 0.6) is 0 Å². The minimum Gasteiger partial charge on any atom is -0.336 e. The Labute approximate surface area is 141 Å². The lowest BCUT2D eigenvalue weighted by atomic mass is 9.94. The first-order valence-electron chi connectivity index (χ1n) is 8.29. The van der Waals surface area contributed by atoms with E-state index < -0.39 is 0 Å². The van der Waals surface area contributed by atoms with Crippen molar-refractivity contribution in [2.45, 2.75) is 50.0 Å². The molecule has 5 heteroatoms. The van der Waals surface area contributed by atoms with Crippen LogP contribution < -0.4 is 5.32 Å². The molecule has 0 bridgehead atoms. The van der Waals surface area contributed by atoms with Crippen LogP contribution in [0.4, 0.5) is 5.69 Å². The molecule has 0 aromatic heterocycles.